The van der Waals surface area contributed by atoms with Gasteiger partial charge < -0.3 is 15.1 Å². The molecule has 1 fully saturated rings. The second-order valence-electron chi connectivity index (χ2n) is 7.82. The molecule has 0 atom stereocenters. The van der Waals surface area contributed by atoms with E-state index in [2.05, 4.69) is 32.7 Å². The van der Waals surface area contributed by atoms with E-state index in [1.807, 2.05) is 30.3 Å². The molecule has 3 aromatic rings. The first kappa shape index (κ1) is 20.4. The van der Waals surface area contributed by atoms with E-state index in [4.69, 9.17) is 4.42 Å². The average molecular weight is 409 g/mol. The molecular formula is C24H29FN4O. The van der Waals surface area contributed by atoms with Gasteiger partial charge in [-0.2, -0.15) is 0 Å². The van der Waals surface area contributed by atoms with E-state index in [0.717, 1.165) is 73.7 Å². The Kier molecular flexibility index (Phi) is 6.64. The van der Waals surface area contributed by atoms with E-state index in [9.17, 15) is 4.39 Å². The zero-order valence-electron chi connectivity index (χ0n) is 17.4. The van der Waals surface area contributed by atoms with Crippen LogP contribution in [0, 0.1) is 5.82 Å². The van der Waals surface area contributed by atoms with E-state index in [0.29, 0.717) is 6.04 Å². The van der Waals surface area contributed by atoms with Gasteiger partial charge in [-0.05, 0) is 42.7 Å². The molecule has 1 aliphatic heterocycles. The maximum atomic E-state index is 13.1. The van der Waals surface area contributed by atoms with E-state index >= 15 is 0 Å². The summed E-state index contributed by atoms with van der Waals surface area (Å²) in [6.07, 6.45) is 2.93. The molecule has 0 saturated carbocycles. The number of nitrogens with zero attached hydrogens (tertiary/aromatic N) is 2. The number of guanidine groups is 1. The van der Waals surface area contributed by atoms with E-state index in [1.54, 1.807) is 7.05 Å². The van der Waals surface area contributed by atoms with Crippen molar-refractivity contribution < 1.29 is 8.81 Å². The number of halogens is 1. The Morgan fingerprint density at radius 2 is 1.90 bits per heavy atom. The summed E-state index contributed by atoms with van der Waals surface area (Å²) in [5.74, 6) is 1.64. The van der Waals surface area contributed by atoms with Gasteiger partial charge in [0.25, 0.3) is 0 Å². The SMILES string of the molecule is CN=C(NCCc1cc2ccccc2o1)NC1CCN(Cc2ccc(F)cc2)CC1. The highest BCUT2D eigenvalue weighted by Crippen LogP contribution is 2.19. The second-order valence-corrected chi connectivity index (χ2v) is 7.82. The number of fused-ring (bicyclic) bond motifs is 1. The minimum atomic E-state index is -0.180. The van der Waals surface area contributed by atoms with Gasteiger partial charge in [0.15, 0.2) is 5.96 Å². The molecular weight excluding hydrogens is 379 g/mol. The molecule has 0 spiro atoms. The van der Waals surface area contributed by atoms with E-state index in [1.165, 1.54) is 12.1 Å². The molecule has 2 aromatic carbocycles. The fourth-order valence-corrected chi connectivity index (χ4v) is 3.94. The first-order valence-electron chi connectivity index (χ1n) is 10.6. The topological polar surface area (TPSA) is 52.8 Å². The van der Waals surface area contributed by atoms with Gasteiger partial charge in [-0.25, -0.2) is 4.39 Å². The largest absolute Gasteiger partial charge is 0.461 e. The molecule has 0 bridgehead atoms. The van der Waals surface area contributed by atoms with Crippen molar-refractivity contribution in [2.45, 2.75) is 31.8 Å². The molecule has 1 saturated heterocycles. The molecule has 4 rings (SSSR count). The van der Waals surface area contributed by atoms with Crippen LogP contribution in [0.4, 0.5) is 4.39 Å². The molecule has 6 heteroatoms. The van der Waals surface area contributed by atoms with Crippen molar-refractivity contribution >= 4 is 16.9 Å². The number of likely N-dealkylation sites (tertiary alicyclic amines) is 1. The predicted octanol–water partition coefficient (Wildman–Crippen LogP) is 3.94. The Hall–Kier alpha value is -2.86. The van der Waals surface area contributed by atoms with E-state index < -0.39 is 0 Å². The molecule has 0 amide bonds. The van der Waals surface area contributed by atoms with Crippen LogP contribution >= 0.6 is 0 Å². The summed E-state index contributed by atoms with van der Waals surface area (Å²) in [7, 11) is 1.81. The van der Waals surface area contributed by atoms with Crippen LogP contribution < -0.4 is 10.6 Å². The number of hydrogen-bond acceptors (Lipinski definition) is 3. The van der Waals surface area contributed by atoms with Crippen LogP contribution in [0.2, 0.25) is 0 Å². The Labute approximate surface area is 177 Å². The number of aliphatic imine (C=N–C) groups is 1. The minimum absolute atomic E-state index is 0.180. The van der Waals surface area contributed by atoms with Crippen molar-refractivity contribution in [1.29, 1.82) is 0 Å². The third-order valence-corrected chi connectivity index (χ3v) is 5.61. The lowest BCUT2D eigenvalue weighted by molar-refractivity contribution is 0.198. The van der Waals surface area contributed by atoms with Gasteiger partial charge in [0, 0.05) is 51.1 Å². The quantitative estimate of drug-likeness (QED) is 0.479. The summed E-state index contributed by atoms with van der Waals surface area (Å²) < 4.78 is 18.9. The van der Waals surface area contributed by atoms with Gasteiger partial charge in [0.1, 0.15) is 17.2 Å². The fraction of sp³-hybridized carbons (Fsp3) is 0.375. The highest BCUT2D eigenvalue weighted by atomic mass is 19.1. The molecule has 1 aromatic heterocycles. The Bertz CT molecular complexity index is 941. The lowest BCUT2D eigenvalue weighted by Gasteiger charge is -2.33. The standard InChI is InChI=1S/C24H29FN4O/c1-26-24(27-13-10-22-16-19-4-2-3-5-23(19)30-22)28-21-11-14-29(15-12-21)17-18-6-8-20(25)9-7-18/h2-9,16,21H,10-15,17H2,1H3,(H2,26,27,28). The summed E-state index contributed by atoms with van der Waals surface area (Å²) in [6, 6.07) is 17.4. The number of benzene rings is 2. The zero-order valence-corrected chi connectivity index (χ0v) is 17.4. The van der Waals surface area contributed by atoms with Gasteiger partial charge in [-0.3, -0.25) is 9.89 Å². The first-order chi connectivity index (χ1) is 14.7. The van der Waals surface area contributed by atoms with Gasteiger partial charge >= 0.3 is 0 Å². The average Bonchev–Trinajstić information content (AvgIpc) is 3.19. The second kappa shape index (κ2) is 9.76. The van der Waals surface area contributed by atoms with Crippen molar-refractivity contribution in [3.05, 3.63) is 71.7 Å². The monoisotopic (exact) mass is 408 g/mol. The smallest absolute Gasteiger partial charge is 0.191 e. The number of furan rings is 1. The molecule has 158 valence electrons. The van der Waals surface area contributed by atoms with Gasteiger partial charge in [-0.1, -0.05) is 30.3 Å². The van der Waals surface area contributed by atoms with Crippen LogP contribution in [0.25, 0.3) is 11.0 Å². The molecule has 0 aliphatic carbocycles. The summed E-state index contributed by atoms with van der Waals surface area (Å²) >= 11 is 0. The summed E-state index contributed by atoms with van der Waals surface area (Å²) in [4.78, 5) is 6.79. The molecule has 5 nitrogen and oxygen atoms in total. The van der Waals surface area contributed by atoms with Crippen LogP contribution in [0.1, 0.15) is 24.2 Å². The lowest BCUT2D eigenvalue weighted by atomic mass is 10.0. The fourth-order valence-electron chi connectivity index (χ4n) is 3.94. The summed E-state index contributed by atoms with van der Waals surface area (Å²) in [6.45, 7) is 3.68. The lowest BCUT2D eigenvalue weighted by Crippen LogP contribution is -2.48. The Morgan fingerprint density at radius 3 is 2.63 bits per heavy atom. The molecule has 2 N–H and O–H groups in total. The highest BCUT2D eigenvalue weighted by molar-refractivity contribution is 5.80. The van der Waals surface area contributed by atoms with Crippen molar-refractivity contribution in [1.82, 2.24) is 15.5 Å². The number of rotatable bonds is 6. The van der Waals surface area contributed by atoms with Crippen molar-refractivity contribution in [3.63, 3.8) is 0 Å². The summed E-state index contributed by atoms with van der Waals surface area (Å²) in [5, 5.41) is 8.08. The van der Waals surface area contributed by atoms with Crippen LogP contribution in [0.3, 0.4) is 0 Å². The highest BCUT2D eigenvalue weighted by Gasteiger charge is 2.20. The number of hydrogen-bond donors (Lipinski definition) is 2. The third kappa shape index (κ3) is 5.39. The van der Waals surface area contributed by atoms with Crippen LogP contribution in [0.5, 0.6) is 0 Å². The minimum Gasteiger partial charge on any atom is -0.461 e. The molecule has 2 heterocycles. The summed E-state index contributed by atoms with van der Waals surface area (Å²) in [5.41, 5.74) is 2.09. The molecule has 1 aliphatic rings. The first-order valence-corrected chi connectivity index (χ1v) is 10.6. The zero-order chi connectivity index (χ0) is 20.8. The van der Waals surface area contributed by atoms with Crippen LogP contribution in [-0.4, -0.2) is 43.6 Å². The molecule has 0 unspecified atom stereocenters. The maximum Gasteiger partial charge on any atom is 0.191 e. The van der Waals surface area contributed by atoms with Gasteiger partial charge in [0.2, 0.25) is 0 Å². The van der Waals surface area contributed by atoms with E-state index in [-0.39, 0.29) is 5.82 Å². The van der Waals surface area contributed by atoms with Crippen molar-refractivity contribution in [3.8, 4) is 0 Å². The molecule has 0 radical (unpaired) electrons. The predicted molar refractivity (Wildman–Crippen MR) is 119 cm³/mol. The van der Waals surface area contributed by atoms with Gasteiger partial charge in [-0.15, -0.1) is 0 Å². The van der Waals surface area contributed by atoms with Crippen LogP contribution in [0.15, 0.2) is 64.0 Å². The van der Waals surface area contributed by atoms with Gasteiger partial charge in [0.05, 0.1) is 0 Å². The number of para-hydroxylation sites is 1. The number of nitrogens with one attached hydrogen (secondary N) is 2. The van der Waals surface area contributed by atoms with Crippen molar-refractivity contribution in [2.75, 3.05) is 26.7 Å². The Morgan fingerprint density at radius 1 is 1.13 bits per heavy atom. The molecule has 30 heavy (non-hydrogen) atoms. The van der Waals surface area contributed by atoms with Crippen LogP contribution in [-0.2, 0) is 13.0 Å². The maximum absolute atomic E-state index is 13.1. The Balaban J connectivity index is 1.19. The van der Waals surface area contributed by atoms with Crippen molar-refractivity contribution in [2.24, 2.45) is 4.99 Å². The number of piperidine rings is 1. The normalized spacial score (nSPS) is 16.1. The third-order valence-electron chi connectivity index (χ3n) is 5.61.